The van der Waals surface area contributed by atoms with E-state index in [1.54, 1.807) is 0 Å². The van der Waals surface area contributed by atoms with Crippen LogP contribution >= 0.6 is 0 Å². The number of carbonyl (C=O) groups is 2. The van der Waals surface area contributed by atoms with Crippen molar-refractivity contribution in [2.45, 2.75) is 296 Å². The van der Waals surface area contributed by atoms with Gasteiger partial charge in [-0.05, 0) is 57.8 Å². The normalized spacial score (nSPS) is 12.6. The summed E-state index contributed by atoms with van der Waals surface area (Å²) in [6.45, 7) is 4.06. The number of aliphatic hydroxyl groups excluding tert-OH is 1. The van der Waals surface area contributed by atoms with Gasteiger partial charge in [-0.3, -0.25) is 9.59 Å². The highest BCUT2D eigenvalue weighted by Gasteiger charge is 2.16. The largest absolute Gasteiger partial charge is 0.462 e. The van der Waals surface area contributed by atoms with Crippen molar-refractivity contribution < 1.29 is 24.2 Å². The van der Waals surface area contributed by atoms with Crippen molar-refractivity contribution in [3.8, 4) is 0 Å². The van der Waals surface area contributed by atoms with E-state index < -0.39 is 6.10 Å². The minimum absolute atomic E-state index is 0.0666. The maximum atomic E-state index is 12.3. The van der Waals surface area contributed by atoms with Crippen LogP contribution in [-0.2, 0) is 19.1 Å². The van der Waals surface area contributed by atoms with Crippen LogP contribution in [0.2, 0.25) is 0 Å². The fraction of sp³-hybridized carbons (Fsp3) is 0.800. The molecule has 0 amide bonds. The molecule has 0 aliphatic rings. The van der Waals surface area contributed by atoms with Gasteiger partial charge in [-0.15, -0.1) is 0 Å². The number of esters is 2. The summed E-state index contributed by atoms with van der Waals surface area (Å²) in [6, 6.07) is 0. The van der Waals surface area contributed by atoms with E-state index in [-0.39, 0.29) is 25.2 Å². The summed E-state index contributed by atoms with van der Waals surface area (Å²) < 4.78 is 10.7. The third kappa shape index (κ3) is 54.1. The third-order valence-electron chi connectivity index (χ3n) is 12.6. The number of ether oxygens (including phenoxy) is 2. The number of rotatable bonds is 52. The predicted octanol–water partition coefficient (Wildman–Crippen LogP) is 19.0. The molecule has 0 aromatic carbocycles. The standard InChI is InChI=1S/C60H108O5/c1-3-5-7-9-11-13-15-17-19-21-23-25-27-29-31-32-34-36-38-40-42-44-46-48-50-52-54-59(62)64-57-58(56-61)65-60(63)55-53-51-49-47-45-43-41-39-37-35-33-30-28-26-24-22-20-18-16-14-12-10-8-6-4-2/h6,8,12,14,18,20,24,26,30,33,58,61H,3-5,7,9-11,13,15-17,19,21-23,25,27-29,31-32,34-57H2,1-2H3/b8-6-,14-12-,20-18-,26-24-,33-30-. The summed E-state index contributed by atoms with van der Waals surface area (Å²) in [5.41, 5.74) is 0. The molecule has 0 radical (unpaired) electrons. The van der Waals surface area contributed by atoms with Gasteiger partial charge in [-0.2, -0.15) is 0 Å². The monoisotopic (exact) mass is 909 g/mol. The lowest BCUT2D eigenvalue weighted by Crippen LogP contribution is -2.28. The maximum absolute atomic E-state index is 12.3. The fourth-order valence-electron chi connectivity index (χ4n) is 8.35. The van der Waals surface area contributed by atoms with Crippen LogP contribution in [0.25, 0.3) is 0 Å². The predicted molar refractivity (Wildman–Crippen MR) is 284 cm³/mol. The smallest absolute Gasteiger partial charge is 0.306 e. The summed E-state index contributed by atoms with van der Waals surface area (Å²) in [6.07, 6.45) is 74.8. The molecule has 0 spiro atoms. The third-order valence-corrected chi connectivity index (χ3v) is 12.6. The Morgan fingerprint density at radius 3 is 1.00 bits per heavy atom. The molecular weight excluding hydrogens is 801 g/mol. The Bertz CT molecular complexity index is 1120. The molecule has 1 atom stereocenters. The van der Waals surface area contributed by atoms with Crippen LogP contribution in [-0.4, -0.2) is 36.4 Å². The van der Waals surface area contributed by atoms with Crippen LogP contribution in [0.3, 0.4) is 0 Å². The van der Waals surface area contributed by atoms with E-state index in [4.69, 9.17) is 9.47 Å². The van der Waals surface area contributed by atoms with Crippen molar-refractivity contribution in [3.05, 3.63) is 60.8 Å². The molecule has 378 valence electrons. The van der Waals surface area contributed by atoms with Crippen LogP contribution in [0.1, 0.15) is 290 Å². The zero-order chi connectivity index (χ0) is 47.0. The Morgan fingerprint density at radius 1 is 0.369 bits per heavy atom. The van der Waals surface area contributed by atoms with Crippen molar-refractivity contribution in [1.82, 2.24) is 0 Å². The average molecular weight is 910 g/mol. The number of hydrogen-bond donors (Lipinski definition) is 1. The van der Waals surface area contributed by atoms with E-state index in [9.17, 15) is 14.7 Å². The second kappa shape index (κ2) is 55.9. The van der Waals surface area contributed by atoms with Crippen LogP contribution in [0.4, 0.5) is 0 Å². The number of carbonyl (C=O) groups excluding carboxylic acids is 2. The minimum Gasteiger partial charge on any atom is -0.462 e. The molecule has 0 rings (SSSR count). The van der Waals surface area contributed by atoms with Crippen LogP contribution in [0.5, 0.6) is 0 Å². The molecule has 0 saturated heterocycles. The number of aliphatic hydroxyl groups is 1. The molecule has 5 heteroatoms. The molecule has 0 bridgehead atoms. The van der Waals surface area contributed by atoms with Gasteiger partial charge in [0, 0.05) is 12.8 Å². The molecule has 0 fully saturated rings. The van der Waals surface area contributed by atoms with Gasteiger partial charge in [0.1, 0.15) is 6.61 Å². The first kappa shape index (κ1) is 62.6. The quantitative estimate of drug-likeness (QED) is 0.0374. The first-order valence-electron chi connectivity index (χ1n) is 28.3. The first-order valence-corrected chi connectivity index (χ1v) is 28.3. The molecule has 0 heterocycles. The Morgan fingerprint density at radius 2 is 0.662 bits per heavy atom. The van der Waals surface area contributed by atoms with Crippen molar-refractivity contribution in [2.24, 2.45) is 0 Å². The highest BCUT2D eigenvalue weighted by molar-refractivity contribution is 5.70. The summed E-state index contributed by atoms with van der Waals surface area (Å²) in [4.78, 5) is 24.5. The first-order chi connectivity index (χ1) is 32.1. The topological polar surface area (TPSA) is 72.8 Å². The van der Waals surface area contributed by atoms with Crippen molar-refractivity contribution in [3.63, 3.8) is 0 Å². The SMILES string of the molecule is CC/C=C\C/C=C\C/C=C\C/C=C\C/C=C\CCCCCCCCCCCC(=O)OC(CO)COC(=O)CCCCCCCCCCCCCCCCCCCCCCCCCCCC. The van der Waals surface area contributed by atoms with Gasteiger partial charge in [-0.1, -0.05) is 280 Å². The second-order valence-electron chi connectivity index (χ2n) is 19.0. The lowest BCUT2D eigenvalue weighted by molar-refractivity contribution is -0.161. The molecule has 1 N–H and O–H groups in total. The van der Waals surface area contributed by atoms with Gasteiger partial charge in [0.05, 0.1) is 6.61 Å². The lowest BCUT2D eigenvalue weighted by atomic mass is 10.0. The van der Waals surface area contributed by atoms with E-state index in [1.165, 1.54) is 193 Å². The van der Waals surface area contributed by atoms with Crippen LogP contribution in [0, 0.1) is 0 Å². The average Bonchev–Trinajstić information content (AvgIpc) is 3.31. The lowest BCUT2D eigenvalue weighted by Gasteiger charge is -2.15. The molecule has 0 aromatic heterocycles. The summed E-state index contributed by atoms with van der Waals surface area (Å²) in [5, 5.41) is 9.65. The van der Waals surface area contributed by atoms with E-state index in [0.717, 1.165) is 70.6 Å². The van der Waals surface area contributed by atoms with Crippen molar-refractivity contribution in [2.75, 3.05) is 13.2 Å². The Labute approximate surface area is 404 Å². The molecule has 0 aromatic rings. The molecule has 5 nitrogen and oxygen atoms in total. The summed E-state index contributed by atoms with van der Waals surface area (Å²) in [7, 11) is 0. The number of allylic oxidation sites excluding steroid dienone is 10. The maximum Gasteiger partial charge on any atom is 0.306 e. The molecule has 1 unspecified atom stereocenters. The van der Waals surface area contributed by atoms with Gasteiger partial charge in [0.2, 0.25) is 0 Å². The van der Waals surface area contributed by atoms with Gasteiger partial charge >= 0.3 is 11.9 Å². The number of unbranched alkanes of at least 4 members (excludes halogenated alkanes) is 34. The van der Waals surface area contributed by atoms with E-state index >= 15 is 0 Å². The van der Waals surface area contributed by atoms with Crippen molar-refractivity contribution >= 4 is 11.9 Å². The Balaban J connectivity index is 3.47. The molecule has 0 aliphatic carbocycles. The zero-order valence-electron chi connectivity index (χ0n) is 43.3. The van der Waals surface area contributed by atoms with Gasteiger partial charge < -0.3 is 14.6 Å². The minimum atomic E-state index is -0.777. The van der Waals surface area contributed by atoms with E-state index in [0.29, 0.717) is 12.8 Å². The summed E-state index contributed by atoms with van der Waals surface area (Å²) in [5.74, 6) is -0.586. The Kier molecular flexibility index (Phi) is 53.9. The fourth-order valence-corrected chi connectivity index (χ4v) is 8.35. The zero-order valence-corrected chi connectivity index (χ0v) is 43.3. The molecule has 0 aliphatic heterocycles. The number of hydrogen-bond acceptors (Lipinski definition) is 5. The van der Waals surface area contributed by atoms with Crippen LogP contribution in [0.15, 0.2) is 60.8 Å². The molecule has 65 heavy (non-hydrogen) atoms. The summed E-state index contributed by atoms with van der Waals surface area (Å²) >= 11 is 0. The van der Waals surface area contributed by atoms with Crippen molar-refractivity contribution in [1.29, 1.82) is 0 Å². The molecular formula is C60H108O5. The van der Waals surface area contributed by atoms with E-state index in [2.05, 4.69) is 74.6 Å². The molecule has 0 saturated carbocycles. The highest BCUT2D eigenvalue weighted by atomic mass is 16.6. The Hall–Kier alpha value is -2.40. The van der Waals surface area contributed by atoms with Gasteiger partial charge in [-0.25, -0.2) is 0 Å². The van der Waals surface area contributed by atoms with E-state index in [1.807, 2.05) is 0 Å². The highest BCUT2D eigenvalue weighted by Crippen LogP contribution is 2.17. The van der Waals surface area contributed by atoms with Gasteiger partial charge in [0.15, 0.2) is 6.10 Å². The second-order valence-corrected chi connectivity index (χ2v) is 19.0. The van der Waals surface area contributed by atoms with Gasteiger partial charge in [0.25, 0.3) is 0 Å². The van der Waals surface area contributed by atoms with Crippen LogP contribution < -0.4 is 0 Å².